The topological polar surface area (TPSA) is 37.8 Å². The molecular weight excluding hydrogens is 348 g/mol. The van der Waals surface area contributed by atoms with E-state index >= 15 is 0 Å². The molecule has 2 rings (SSSR count). The van der Waals surface area contributed by atoms with Crippen LogP contribution in [-0.2, 0) is 6.42 Å². The van der Waals surface area contributed by atoms with E-state index in [1.165, 1.54) is 23.5 Å². The molecule has 0 unspecified atom stereocenters. The number of rotatable bonds is 6. The Morgan fingerprint density at radius 1 is 1.20 bits per heavy atom. The van der Waals surface area contributed by atoms with E-state index in [0.29, 0.717) is 10.9 Å². The first kappa shape index (κ1) is 15.5. The normalized spacial score (nSPS) is 11.0. The van der Waals surface area contributed by atoms with Crippen LogP contribution in [0.5, 0.6) is 0 Å². The minimum atomic E-state index is -0.635. The molecule has 0 bridgehead atoms. The van der Waals surface area contributed by atoms with Gasteiger partial charge in [-0.1, -0.05) is 34.2 Å². The lowest BCUT2D eigenvalue weighted by Gasteiger charge is -2.01. The van der Waals surface area contributed by atoms with Gasteiger partial charge in [0, 0.05) is 17.4 Å². The zero-order chi connectivity index (χ0) is 14.5. The third-order valence-corrected chi connectivity index (χ3v) is 4.09. The van der Waals surface area contributed by atoms with Crippen molar-refractivity contribution in [2.24, 2.45) is 0 Å². The fraction of sp³-hybridized carbons (Fsp3) is 0.385. The summed E-state index contributed by atoms with van der Waals surface area (Å²) in [6.45, 7) is 3.82. The minimum absolute atomic E-state index is 0.113. The van der Waals surface area contributed by atoms with Gasteiger partial charge in [-0.15, -0.1) is 10.2 Å². The summed E-state index contributed by atoms with van der Waals surface area (Å²) in [7, 11) is 0. The second kappa shape index (κ2) is 7.19. The summed E-state index contributed by atoms with van der Waals surface area (Å²) in [6.07, 6.45) is 1.77. The molecule has 1 aromatic carbocycles. The van der Waals surface area contributed by atoms with Crippen LogP contribution < -0.4 is 5.32 Å². The van der Waals surface area contributed by atoms with Gasteiger partial charge in [-0.25, -0.2) is 8.78 Å². The summed E-state index contributed by atoms with van der Waals surface area (Å²) in [5.41, 5.74) is -0.113. The van der Waals surface area contributed by atoms with E-state index < -0.39 is 11.6 Å². The van der Waals surface area contributed by atoms with Gasteiger partial charge in [0.25, 0.3) is 0 Å². The molecule has 0 aliphatic heterocycles. The Morgan fingerprint density at radius 3 is 2.55 bits per heavy atom. The molecule has 3 nitrogen and oxygen atoms in total. The van der Waals surface area contributed by atoms with Gasteiger partial charge in [0.05, 0.1) is 5.56 Å². The van der Waals surface area contributed by atoms with E-state index in [1.54, 1.807) is 0 Å². The standard InChI is InChI=1S/C13H14BrF2N3S/c1-2-4-17-5-3-11-18-19-13(20-11)12-9(15)6-8(14)7-10(12)16/h6-7,17H,2-5H2,1H3. The van der Waals surface area contributed by atoms with Crippen LogP contribution in [0.1, 0.15) is 18.4 Å². The molecule has 1 aromatic heterocycles. The van der Waals surface area contributed by atoms with Crippen molar-refractivity contribution in [1.82, 2.24) is 15.5 Å². The van der Waals surface area contributed by atoms with Crippen LogP contribution in [0.25, 0.3) is 10.6 Å². The van der Waals surface area contributed by atoms with Crippen molar-refractivity contribution in [2.45, 2.75) is 19.8 Å². The van der Waals surface area contributed by atoms with Crippen molar-refractivity contribution in [1.29, 1.82) is 0 Å². The second-order valence-electron chi connectivity index (χ2n) is 4.25. The molecule has 1 heterocycles. The lowest BCUT2D eigenvalue weighted by Crippen LogP contribution is -2.17. The molecule has 0 aliphatic rings. The molecule has 0 radical (unpaired) electrons. The average molecular weight is 362 g/mol. The monoisotopic (exact) mass is 361 g/mol. The quantitative estimate of drug-likeness (QED) is 0.795. The first-order chi connectivity index (χ1) is 9.61. The van der Waals surface area contributed by atoms with Crippen LogP contribution in [0.3, 0.4) is 0 Å². The zero-order valence-electron chi connectivity index (χ0n) is 10.9. The SMILES string of the molecule is CCCNCCc1nnc(-c2c(F)cc(Br)cc2F)s1. The van der Waals surface area contributed by atoms with Gasteiger partial charge in [0.1, 0.15) is 16.6 Å². The highest BCUT2D eigenvalue weighted by Gasteiger charge is 2.17. The van der Waals surface area contributed by atoms with Gasteiger partial charge in [0.2, 0.25) is 0 Å². The molecule has 0 atom stereocenters. The Morgan fingerprint density at radius 2 is 1.90 bits per heavy atom. The second-order valence-corrected chi connectivity index (χ2v) is 6.22. The first-order valence-corrected chi connectivity index (χ1v) is 7.90. The lowest BCUT2D eigenvalue weighted by molar-refractivity contribution is 0.587. The van der Waals surface area contributed by atoms with Gasteiger partial charge in [0.15, 0.2) is 5.01 Å². The van der Waals surface area contributed by atoms with Gasteiger partial charge in [-0.2, -0.15) is 0 Å². The third-order valence-electron chi connectivity index (χ3n) is 2.63. The van der Waals surface area contributed by atoms with Crippen LogP contribution >= 0.6 is 27.3 Å². The number of hydrogen-bond acceptors (Lipinski definition) is 4. The smallest absolute Gasteiger partial charge is 0.153 e. The number of halogens is 3. The van der Waals surface area contributed by atoms with E-state index in [-0.39, 0.29) is 10.6 Å². The van der Waals surface area contributed by atoms with Crippen molar-refractivity contribution in [2.75, 3.05) is 13.1 Å². The maximum atomic E-state index is 13.8. The third kappa shape index (κ3) is 3.80. The van der Waals surface area contributed by atoms with Gasteiger partial charge < -0.3 is 5.32 Å². The van der Waals surface area contributed by atoms with E-state index in [1.807, 2.05) is 0 Å². The molecule has 0 spiro atoms. The van der Waals surface area contributed by atoms with Gasteiger partial charge in [-0.3, -0.25) is 0 Å². The Balaban J connectivity index is 2.13. The van der Waals surface area contributed by atoms with Crippen LogP contribution in [0, 0.1) is 11.6 Å². The minimum Gasteiger partial charge on any atom is -0.316 e. The van der Waals surface area contributed by atoms with Crippen molar-refractivity contribution in [3.05, 3.63) is 33.2 Å². The highest BCUT2D eigenvalue weighted by atomic mass is 79.9. The molecule has 20 heavy (non-hydrogen) atoms. The van der Waals surface area contributed by atoms with Crippen molar-refractivity contribution >= 4 is 27.3 Å². The molecule has 0 aliphatic carbocycles. The van der Waals surface area contributed by atoms with Crippen molar-refractivity contribution < 1.29 is 8.78 Å². The summed E-state index contributed by atoms with van der Waals surface area (Å²) in [5, 5.41) is 12.2. The summed E-state index contributed by atoms with van der Waals surface area (Å²) in [5.74, 6) is -1.27. The molecule has 0 saturated heterocycles. The molecule has 7 heteroatoms. The fourth-order valence-corrected chi connectivity index (χ4v) is 2.99. The molecular formula is C13H14BrF2N3S. The van der Waals surface area contributed by atoms with Crippen molar-refractivity contribution in [3.63, 3.8) is 0 Å². The number of nitrogens with zero attached hydrogens (tertiary/aromatic N) is 2. The van der Waals surface area contributed by atoms with Crippen molar-refractivity contribution in [3.8, 4) is 10.6 Å². The van der Waals surface area contributed by atoms with E-state index in [4.69, 9.17) is 0 Å². The van der Waals surface area contributed by atoms with Crippen LogP contribution in [0.15, 0.2) is 16.6 Å². The molecule has 1 N–H and O–H groups in total. The number of hydrogen-bond donors (Lipinski definition) is 1. The zero-order valence-corrected chi connectivity index (χ0v) is 13.3. The number of nitrogens with one attached hydrogen (secondary N) is 1. The Labute approximate surface area is 128 Å². The van der Waals surface area contributed by atoms with Crippen LogP contribution in [0.2, 0.25) is 0 Å². The van der Waals surface area contributed by atoms with Crippen LogP contribution in [-0.4, -0.2) is 23.3 Å². The first-order valence-electron chi connectivity index (χ1n) is 6.29. The summed E-state index contributed by atoms with van der Waals surface area (Å²) in [4.78, 5) is 0. The summed E-state index contributed by atoms with van der Waals surface area (Å²) >= 11 is 4.27. The predicted molar refractivity (Wildman–Crippen MR) is 79.8 cm³/mol. The van der Waals surface area contributed by atoms with E-state index in [9.17, 15) is 8.78 Å². The molecule has 0 saturated carbocycles. The van der Waals surface area contributed by atoms with E-state index in [0.717, 1.165) is 24.5 Å². The van der Waals surface area contributed by atoms with Crippen LogP contribution in [0.4, 0.5) is 8.78 Å². The van der Waals surface area contributed by atoms with E-state index in [2.05, 4.69) is 38.4 Å². The average Bonchev–Trinajstić information content (AvgIpc) is 2.82. The number of benzene rings is 1. The summed E-state index contributed by atoms with van der Waals surface area (Å²) < 4.78 is 28.0. The number of aromatic nitrogens is 2. The van der Waals surface area contributed by atoms with Gasteiger partial charge in [-0.05, 0) is 25.1 Å². The predicted octanol–water partition coefficient (Wildman–Crippen LogP) is 3.79. The Kier molecular flexibility index (Phi) is 5.56. The largest absolute Gasteiger partial charge is 0.316 e. The lowest BCUT2D eigenvalue weighted by atomic mass is 10.2. The highest BCUT2D eigenvalue weighted by molar-refractivity contribution is 9.10. The maximum absolute atomic E-state index is 13.8. The summed E-state index contributed by atoms with van der Waals surface area (Å²) in [6, 6.07) is 2.45. The molecule has 108 valence electrons. The Hall–Kier alpha value is -0.920. The Bertz CT molecular complexity index is 566. The molecule has 2 aromatic rings. The molecule has 0 amide bonds. The molecule has 0 fully saturated rings. The van der Waals surface area contributed by atoms with Gasteiger partial charge >= 0.3 is 0 Å². The fourth-order valence-electron chi connectivity index (χ4n) is 1.70. The maximum Gasteiger partial charge on any atom is 0.153 e. The highest BCUT2D eigenvalue weighted by Crippen LogP contribution is 2.31.